The zero-order chi connectivity index (χ0) is 22.9. The van der Waals surface area contributed by atoms with Crippen LogP contribution in [0.1, 0.15) is 11.3 Å². The highest BCUT2D eigenvalue weighted by atomic mass is 32.2. The van der Waals surface area contributed by atoms with Crippen molar-refractivity contribution in [3.05, 3.63) is 87.0 Å². The van der Waals surface area contributed by atoms with Gasteiger partial charge >= 0.3 is 6.18 Å². The Bertz CT molecular complexity index is 1280. The van der Waals surface area contributed by atoms with E-state index in [2.05, 4.69) is 10.3 Å². The van der Waals surface area contributed by atoms with Crippen molar-refractivity contribution in [3.63, 3.8) is 0 Å². The Balaban J connectivity index is 1.57. The molecule has 0 bridgehead atoms. The number of para-hydroxylation sites is 1. The lowest BCUT2D eigenvalue weighted by molar-refractivity contribution is -0.384. The summed E-state index contributed by atoms with van der Waals surface area (Å²) in [5.74, 6) is 0.115. The molecule has 11 heteroatoms. The van der Waals surface area contributed by atoms with Gasteiger partial charge in [-0.3, -0.25) is 14.9 Å². The molecule has 1 saturated heterocycles. The number of hydrogen-bond acceptors (Lipinski definition) is 6. The first-order valence-corrected chi connectivity index (χ1v) is 9.83. The van der Waals surface area contributed by atoms with E-state index in [0.717, 1.165) is 17.8 Å². The lowest BCUT2D eigenvalue weighted by atomic mass is 10.1. The Morgan fingerprint density at radius 1 is 1.09 bits per heavy atom. The van der Waals surface area contributed by atoms with Crippen molar-refractivity contribution in [2.75, 3.05) is 0 Å². The molecule has 0 spiro atoms. The Hall–Kier alpha value is -3.86. The molecular formula is C21H12F3N3O4S. The zero-order valence-corrected chi connectivity index (χ0v) is 16.7. The number of carbonyl (C=O) groups is 1. The van der Waals surface area contributed by atoms with Gasteiger partial charge in [-0.25, -0.2) is 4.99 Å². The van der Waals surface area contributed by atoms with E-state index in [1.54, 1.807) is 18.2 Å². The second kappa shape index (κ2) is 8.35. The van der Waals surface area contributed by atoms with Crippen LogP contribution in [0.4, 0.5) is 24.5 Å². The summed E-state index contributed by atoms with van der Waals surface area (Å²) in [5.41, 5.74) is -0.828. The van der Waals surface area contributed by atoms with Crippen molar-refractivity contribution in [3.8, 4) is 11.3 Å². The number of amidine groups is 1. The maximum atomic E-state index is 13.2. The number of aliphatic imine (C=N–C) groups is 1. The fourth-order valence-electron chi connectivity index (χ4n) is 2.89. The van der Waals surface area contributed by atoms with Crippen LogP contribution in [0.2, 0.25) is 0 Å². The largest absolute Gasteiger partial charge is 0.457 e. The topological polar surface area (TPSA) is 97.7 Å². The molecule has 7 nitrogen and oxygen atoms in total. The number of nitro benzene ring substituents is 1. The maximum absolute atomic E-state index is 13.2. The summed E-state index contributed by atoms with van der Waals surface area (Å²) in [6, 6.07) is 13.8. The third-order valence-electron chi connectivity index (χ3n) is 4.32. The first-order chi connectivity index (χ1) is 15.2. The summed E-state index contributed by atoms with van der Waals surface area (Å²) < 4.78 is 45.1. The van der Waals surface area contributed by atoms with Crippen LogP contribution in [0.15, 0.2) is 75.0 Å². The Labute approximate surface area is 182 Å². The van der Waals surface area contributed by atoms with Crippen molar-refractivity contribution in [1.82, 2.24) is 5.32 Å². The molecule has 0 aliphatic carbocycles. The smallest absolute Gasteiger partial charge is 0.418 e. The van der Waals surface area contributed by atoms with Gasteiger partial charge < -0.3 is 9.73 Å². The summed E-state index contributed by atoms with van der Waals surface area (Å²) in [6.45, 7) is 0. The maximum Gasteiger partial charge on any atom is 0.418 e. The number of nitro groups is 1. The van der Waals surface area contributed by atoms with Gasteiger partial charge in [-0.1, -0.05) is 24.3 Å². The number of rotatable bonds is 4. The molecular weight excluding hydrogens is 447 g/mol. The van der Waals surface area contributed by atoms with Crippen LogP contribution in [0.3, 0.4) is 0 Å². The number of thioether (sulfide) groups is 1. The van der Waals surface area contributed by atoms with Crippen LogP contribution in [-0.4, -0.2) is 16.0 Å². The van der Waals surface area contributed by atoms with Crippen LogP contribution in [0.25, 0.3) is 17.4 Å². The third kappa shape index (κ3) is 4.57. The number of non-ortho nitro benzene ring substituents is 1. The van der Waals surface area contributed by atoms with E-state index in [9.17, 15) is 28.1 Å². The van der Waals surface area contributed by atoms with E-state index in [-0.39, 0.29) is 21.4 Å². The molecule has 2 heterocycles. The first-order valence-electron chi connectivity index (χ1n) is 9.01. The number of hydrogen-bond donors (Lipinski definition) is 1. The van der Waals surface area contributed by atoms with Crippen molar-refractivity contribution in [1.29, 1.82) is 0 Å². The van der Waals surface area contributed by atoms with Gasteiger partial charge in [-0.05, 0) is 36.0 Å². The number of amides is 1. The van der Waals surface area contributed by atoms with Gasteiger partial charge in [0.05, 0.1) is 21.1 Å². The average molecular weight is 459 g/mol. The normalized spacial score (nSPS) is 16.5. The minimum Gasteiger partial charge on any atom is -0.457 e. The highest BCUT2D eigenvalue weighted by molar-refractivity contribution is 8.18. The predicted octanol–water partition coefficient (Wildman–Crippen LogP) is 5.77. The molecule has 32 heavy (non-hydrogen) atoms. The summed E-state index contributed by atoms with van der Waals surface area (Å²) in [6.07, 6.45) is -3.16. The van der Waals surface area contributed by atoms with Gasteiger partial charge in [0.25, 0.3) is 11.6 Å². The van der Waals surface area contributed by atoms with Crippen molar-refractivity contribution in [2.24, 2.45) is 4.99 Å². The van der Waals surface area contributed by atoms with Crippen LogP contribution < -0.4 is 5.32 Å². The fraction of sp³-hybridized carbons (Fsp3) is 0.0476. The number of nitrogens with zero attached hydrogens (tertiary/aromatic N) is 2. The van der Waals surface area contributed by atoms with Crippen LogP contribution >= 0.6 is 11.8 Å². The molecule has 1 aliphatic heterocycles. The Morgan fingerprint density at radius 3 is 2.62 bits per heavy atom. The monoisotopic (exact) mass is 459 g/mol. The predicted molar refractivity (Wildman–Crippen MR) is 113 cm³/mol. The summed E-state index contributed by atoms with van der Waals surface area (Å²) in [7, 11) is 0. The molecule has 1 aliphatic rings. The minimum absolute atomic E-state index is 0.00316. The van der Waals surface area contributed by atoms with E-state index in [1.165, 1.54) is 42.5 Å². The molecule has 0 unspecified atom stereocenters. The minimum atomic E-state index is -4.58. The highest BCUT2D eigenvalue weighted by Gasteiger charge is 2.34. The zero-order valence-electron chi connectivity index (χ0n) is 15.9. The van der Waals surface area contributed by atoms with E-state index in [4.69, 9.17) is 4.42 Å². The molecule has 1 aromatic heterocycles. The number of nitrogens with one attached hydrogen (secondary N) is 1. The van der Waals surface area contributed by atoms with E-state index in [0.29, 0.717) is 17.1 Å². The number of alkyl halides is 3. The van der Waals surface area contributed by atoms with Gasteiger partial charge in [-0.15, -0.1) is 0 Å². The van der Waals surface area contributed by atoms with Crippen LogP contribution in [-0.2, 0) is 11.0 Å². The molecule has 0 saturated carbocycles. The average Bonchev–Trinajstić information content (AvgIpc) is 3.34. The Morgan fingerprint density at radius 2 is 1.88 bits per heavy atom. The van der Waals surface area contributed by atoms with Gasteiger partial charge in [-0.2, -0.15) is 13.2 Å². The number of benzene rings is 2. The highest BCUT2D eigenvalue weighted by Crippen LogP contribution is 2.37. The quantitative estimate of drug-likeness (QED) is 0.304. The molecule has 3 aromatic rings. The molecule has 1 amide bonds. The van der Waals surface area contributed by atoms with Crippen LogP contribution in [0, 0.1) is 10.1 Å². The molecule has 4 rings (SSSR count). The van der Waals surface area contributed by atoms with Crippen molar-refractivity contribution in [2.45, 2.75) is 6.18 Å². The lowest BCUT2D eigenvalue weighted by Crippen LogP contribution is -2.19. The summed E-state index contributed by atoms with van der Waals surface area (Å²) in [5, 5.41) is 13.4. The first kappa shape index (κ1) is 21.4. The lowest BCUT2D eigenvalue weighted by Gasteiger charge is -2.09. The second-order valence-electron chi connectivity index (χ2n) is 6.51. The summed E-state index contributed by atoms with van der Waals surface area (Å²) in [4.78, 5) is 26.8. The van der Waals surface area contributed by atoms with E-state index < -0.39 is 22.6 Å². The van der Waals surface area contributed by atoms with Gasteiger partial charge in [0.15, 0.2) is 5.17 Å². The van der Waals surface area contributed by atoms with Crippen molar-refractivity contribution < 1.29 is 27.3 Å². The van der Waals surface area contributed by atoms with E-state index in [1.807, 2.05) is 0 Å². The second-order valence-corrected chi connectivity index (χ2v) is 7.54. The van der Waals surface area contributed by atoms with Crippen LogP contribution in [0.5, 0.6) is 0 Å². The SMILES string of the molecule is O=C1NC(=Nc2ccccc2C(F)(F)F)S/C1=C/c1ccc(-c2cccc([N+](=O)[O-])c2)o1. The number of halogens is 3. The van der Waals surface area contributed by atoms with Crippen molar-refractivity contribution >= 4 is 40.3 Å². The molecule has 0 atom stereocenters. The van der Waals surface area contributed by atoms with E-state index >= 15 is 0 Å². The third-order valence-corrected chi connectivity index (χ3v) is 5.23. The number of furan rings is 1. The Kier molecular flexibility index (Phi) is 5.57. The molecule has 2 aromatic carbocycles. The molecule has 1 fully saturated rings. The molecule has 0 radical (unpaired) electrons. The van der Waals surface area contributed by atoms with Gasteiger partial charge in [0.2, 0.25) is 0 Å². The standard InChI is InChI=1S/C21H12F3N3O4S/c22-21(23,24)15-6-1-2-7-16(15)25-20-26-19(28)18(32-20)11-14-8-9-17(31-14)12-4-3-5-13(10-12)27(29)30/h1-11H,(H,25,26,28)/b18-11+. The molecule has 1 N–H and O–H groups in total. The van der Waals surface area contributed by atoms with Gasteiger partial charge in [0.1, 0.15) is 11.5 Å². The molecule has 162 valence electrons. The summed E-state index contributed by atoms with van der Waals surface area (Å²) >= 11 is 0.873. The number of carbonyl (C=O) groups excluding carboxylic acids is 1. The van der Waals surface area contributed by atoms with Gasteiger partial charge in [0, 0.05) is 23.8 Å². The fourth-order valence-corrected chi connectivity index (χ4v) is 3.70.